The van der Waals surface area contributed by atoms with Crippen LogP contribution in [0, 0.1) is 0 Å². The third kappa shape index (κ3) is 6.95. The monoisotopic (exact) mass is 324 g/mol. The van der Waals surface area contributed by atoms with E-state index in [1.165, 1.54) is 44.9 Å². The Labute approximate surface area is 140 Å². The molecule has 0 aliphatic rings. The normalized spacial score (nSPS) is 12.3. The van der Waals surface area contributed by atoms with Gasteiger partial charge in [-0.2, -0.15) is 0 Å². The van der Waals surface area contributed by atoms with E-state index in [2.05, 4.69) is 13.8 Å². The molecule has 0 aliphatic heterocycles. The Morgan fingerprint density at radius 1 is 1.05 bits per heavy atom. The van der Waals surface area contributed by atoms with Crippen molar-refractivity contribution in [3.8, 4) is 5.06 Å². The van der Waals surface area contributed by atoms with Crippen molar-refractivity contribution in [2.24, 2.45) is 0 Å². The Balaban J connectivity index is 2.53. The van der Waals surface area contributed by atoms with E-state index < -0.39 is 0 Å². The first-order chi connectivity index (χ1) is 10.7. The van der Waals surface area contributed by atoms with Crippen molar-refractivity contribution in [3.63, 3.8) is 0 Å². The second-order valence-electron chi connectivity index (χ2n) is 5.98. The molecule has 0 spiro atoms. The van der Waals surface area contributed by atoms with Crippen molar-refractivity contribution in [1.29, 1.82) is 0 Å². The van der Waals surface area contributed by atoms with Gasteiger partial charge in [-0.1, -0.05) is 59.3 Å². The van der Waals surface area contributed by atoms with E-state index >= 15 is 0 Å². The van der Waals surface area contributed by atoms with Crippen LogP contribution in [0.2, 0.25) is 0 Å². The van der Waals surface area contributed by atoms with Crippen molar-refractivity contribution >= 4 is 17.1 Å². The topological polar surface area (TPSA) is 26.3 Å². The van der Waals surface area contributed by atoms with Gasteiger partial charge in [-0.15, -0.1) is 11.3 Å². The SMILES string of the molecule is CCCCCCCC(CCCC)Oc1sccc1C(=O)CC. The third-order valence-corrected chi connectivity index (χ3v) is 4.84. The fraction of sp³-hybridized carbons (Fsp3) is 0.737. The summed E-state index contributed by atoms with van der Waals surface area (Å²) in [7, 11) is 0. The van der Waals surface area contributed by atoms with Gasteiger partial charge >= 0.3 is 0 Å². The minimum Gasteiger partial charge on any atom is -0.480 e. The molecule has 1 aromatic heterocycles. The number of rotatable bonds is 13. The van der Waals surface area contributed by atoms with Gasteiger partial charge in [0.05, 0.1) is 11.7 Å². The van der Waals surface area contributed by atoms with Crippen LogP contribution in [-0.4, -0.2) is 11.9 Å². The summed E-state index contributed by atoms with van der Waals surface area (Å²) in [4.78, 5) is 11.9. The molecule has 2 nitrogen and oxygen atoms in total. The minimum atomic E-state index is 0.188. The van der Waals surface area contributed by atoms with E-state index in [-0.39, 0.29) is 11.9 Å². The molecule has 126 valence electrons. The van der Waals surface area contributed by atoms with Crippen molar-refractivity contribution in [3.05, 3.63) is 17.0 Å². The summed E-state index contributed by atoms with van der Waals surface area (Å²) in [6, 6.07) is 1.91. The van der Waals surface area contributed by atoms with E-state index in [1.807, 2.05) is 18.4 Å². The zero-order valence-electron chi connectivity index (χ0n) is 14.5. The van der Waals surface area contributed by atoms with Crippen LogP contribution >= 0.6 is 11.3 Å². The Morgan fingerprint density at radius 2 is 1.73 bits per heavy atom. The third-order valence-electron chi connectivity index (χ3n) is 4.03. The Morgan fingerprint density at radius 3 is 2.41 bits per heavy atom. The quantitative estimate of drug-likeness (QED) is 0.300. The molecule has 0 aromatic carbocycles. The van der Waals surface area contributed by atoms with E-state index in [4.69, 9.17) is 4.74 Å². The molecule has 0 saturated heterocycles. The maximum absolute atomic E-state index is 11.9. The van der Waals surface area contributed by atoms with Gasteiger partial charge in [0.2, 0.25) is 0 Å². The predicted molar refractivity (Wildman–Crippen MR) is 96.3 cm³/mol. The molecule has 1 aromatic rings. The van der Waals surface area contributed by atoms with Crippen LogP contribution in [0.25, 0.3) is 0 Å². The first-order valence-corrected chi connectivity index (χ1v) is 9.88. The number of thiophene rings is 1. The fourth-order valence-electron chi connectivity index (χ4n) is 2.60. The summed E-state index contributed by atoms with van der Waals surface area (Å²) in [6.45, 7) is 6.37. The number of hydrogen-bond acceptors (Lipinski definition) is 3. The average molecular weight is 325 g/mol. The van der Waals surface area contributed by atoms with E-state index in [9.17, 15) is 4.79 Å². The molecule has 0 amide bonds. The van der Waals surface area contributed by atoms with Gasteiger partial charge in [-0.05, 0) is 30.7 Å². The first-order valence-electron chi connectivity index (χ1n) is 9.00. The van der Waals surface area contributed by atoms with Crippen LogP contribution in [-0.2, 0) is 0 Å². The zero-order chi connectivity index (χ0) is 16.2. The van der Waals surface area contributed by atoms with Gasteiger partial charge < -0.3 is 4.74 Å². The number of carbonyl (C=O) groups excluding carboxylic acids is 1. The molecule has 0 radical (unpaired) electrons. The Hall–Kier alpha value is -0.830. The summed E-state index contributed by atoms with van der Waals surface area (Å²) in [5.74, 6) is 0.188. The standard InChI is InChI=1S/C19H32O2S/c1-4-7-9-10-11-13-16(12-8-5-2)21-19-17(14-15-22-19)18(20)6-3/h14-16H,4-13H2,1-3H3. The maximum atomic E-state index is 11.9. The molecular weight excluding hydrogens is 292 g/mol. The summed E-state index contributed by atoms with van der Waals surface area (Å²) < 4.78 is 6.21. The zero-order valence-corrected chi connectivity index (χ0v) is 15.3. The van der Waals surface area contributed by atoms with Gasteiger partial charge in [-0.25, -0.2) is 0 Å². The number of carbonyl (C=O) groups is 1. The summed E-state index contributed by atoms with van der Waals surface area (Å²) >= 11 is 1.56. The van der Waals surface area contributed by atoms with E-state index in [1.54, 1.807) is 11.3 Å². The molecule has 0 aliphatic carbocycles. The first kappa shape index (κ1) is 19.2. The van der Waals surface area contributed by atoms with Crippen LogP contribution in [0.3, 0.4) is 0 Å². The number of hydrogen-bond donors (Lipinski definition) is 0. The van der Waals surface area contributed by atoms with Crippen molar-refractivity contribution in [2.75, 3.05) is 0 Å². The highest BCUT2D eigenvalue weighted by atomic mass is 32.1. The van der Waals surface area contributed by atoms with Crippen molar-refractivity contribution in [2.45, 2.75) is 91.1 Å². The molecule has 1 heterocycles. The van der Waals surface area contributed by atoms with Gasteiger partial charge in [0.1, 0.15) is 0 Å². The number of unbranched alkanes of at least 4 members (excludes halogenated alkanes) is 5. The van der Waals surface area contributed by atoms with Crippen LogP contribution in [0.1, 0.15) is 95.3 Å². The summed E-state index contributed by atoms with van der Waals surface area (Å²) in [6.07, 6.45) is 11.9. The lowest BCUT2D eigenvalue weighted by Gasteiger charge is -2.19. The predicted octanol–water partition coefficient (Wildman–Crippen LogP) is 6.64. The van der Waals surface area contributed by atoms with Crippen LogP contribution < -0.4 is 4.74 Å². The highest BCUT2D eigenvalue weighted by Gasteiger charge is 2.17. The number of Topliss-reactive ketones (excluding diaryl/α,β-unsaturated/α-hetero) is 1. The van der Waals surface area contributed by atoms with Gasteiger partial charge in [0.15, 0.2) is 10.8 Å². The molecule has 1 rings (SSSR count). The van der Waals surface area contributed by atoms with Crippen molar-refractivity contribution < 1.29 is 9.53 Å². The van der Waals surface area contributed by atoms with Crippen LogP contribution in [0.15, 0.2) is 11.4 Å². The molecule has 0 saturated carbocycles. The highest BCUT2D eigenvalue weighted by Crippen LogP contribution is 2.30. The van der Waals surface area contributed by atoms with Crippen LogP contribution in [0.5, 0.6) is 5.06 Å². The van der Waals surface area contributed by atoms with Crippen molar-refractivity contribution in [1.82, 2.24) is 0 Å². The highest BCUT2D eigenvalue weighted by molar-refractivity contribution is 7.12. The van der Waals surface area contributed by atoms with Gasteiger partial charge in [0.25, 0.3) is 0 Å². The Bertz CT molecular complexity index is 411. The molecule has 0 bridgehead atoms. The molecule has 1 atom stereocenters. The molecule has 0 fully saturated rings. The minimum absolute atomic E-state index is 0.188. The lowest BCUT2D eigenvalue weighted by atomic mass is 10.0. The molecule has 1 unspecified atom stereocenters. The molecule has 3 heteroatoms. The largest absolute Gasteiger partial charge is 0.480 e. The van der Waals surface area contributed by atoms with Gasteiger partial charge in [0, 0.05) is 6.42 Å². The second kappa shape index (κ2) is 11.7. The molecule has 22 heavy (non-hydrogen) atoms. The second-order valence-corrected chi connectivity index (χ2v) is 6.86. The summed E-state index contributed by atoms with van der Waals surface area (Å²) in [5, 5.41) is 2.80. The molecule has 0 N–H and O–H groups in total. The summed E-state index contributed by atoms with van der Waals surface area (Å²) in [5.41, 5.74) is 0.778. The number of ether oxygens (including phenoxy) is 1. The average Bonchev–Trinajstić information content (AvgIpc) is 2.99. The lowest BCUT2D eigenvalue weighted by molar-refractivity contribution is 0.0980. The van der Waals surface area contributed by atoms with Crippen LogP contribution in [0.4, 0.5) is 0 Å². The van der Waals surface area contributed by atoms with E-state index in [0.717, 1.165) is 23.5 Å². The van der Waals surface area contributed by atoms with Gasteiger partial charge in [-0.3, -0.25) is 4.79 Å². The fourth-order valence-corrected chi connectivity index (χ4v) is 3.43. The Kier molecular flexibility index (Phi) is 10.2. The lowest BCUT2D eigenvalue weighted by Crippen LogP contribution is -2.17. The smallest absolute Gasteiger partial charge is 0.184 e. The maximum Gasteiger partial charge on any atom is 0.184 e. The molecular formula is C19H32O2S. The van der Waals surface area contributed by atoms with E-state index in [0.29, 0.717) is 6.42 Å². The number of ketones is 1.